The maximum Gasteiger partial charge on any atom is 0.127 e. The molecular formula is C16H16N2S. The first-order chi connectivity index (χ1) is 9.05. The lowest BCUT2D eigenvalue weighted by atomic mass is 9.90. The van der Waals surface area contributed by atoms with Crippen molar-refractivity contribution in [2.24, 2.45) is 0 Å². The molecule has 0 spiro atoms. The van der Waals surface area contributed by atoms with Gasteiger partial charge in [0.2, 0.25) is 0 Å². The summed E-state index contributed by atoms with van der Waals surface area (Å²) >= 11 is 1.73. The molecule has 0 fully saturated rings. The molecule has 0 aliphatic rings. The Hall–Kier alpha value is -1.74. The van der Waals surface area contributed by atoms with Gasteiger partial charge in [0.1, 0.15) is 11.2 Å². The molecule has 2 aromatic heterocycles. The molecule has 0 radical (unpaired) electrons. The molecule has 0 atom stereocenters. The van der Waals surface area contributed by atoms with Gasteiger partial charge >= 0.3 is 0 Å². The van der Waals surface area contributed by atoms with E-state index in [1.807, 2.05) is 6.07 Å². The third-order valence-electron chi connectivity index (χ3n) is 3.10. The summed E-state index contributed by atoms with van der Waals surface area (Å²) in [5.41, 5.74) is 2.40. The van der Waals surface area contributed by atoms with Crippen LogP contribution < -0.4 is 0 Å². The lowest BCUT2D eigenvalue weighted by Gasteiger charge is -2.17. The van der Waals surface area contributed by atoms with E-state index in [-0.39, 0.29) is 5.41 Å². The first-order valence-corrected chi connectivity index (χ1v) is 7.18. The zero-order valence-electron chi connectivity index (χ0n) is 11.3. The first kappa shape index (κ1) is 12.3. The second-order valence-electron chi connectivity index (χ2n) is 5.67. The van der Waals surface area contributed by atoms with Gasteiger partial charge in [-0.15, -0.1) is 11.3 Å². The minimum Gasteiger partial charge on any atom is -0.240 e. The van der Waals surface area contributed by atoms with E-state index in [9.17, 15) is 0 Å². The van der Waals surface area contributed by atoms with Crippen LogP contribution in [-0.4, -0.2) is 9.97 Å². The molecule has 19 heavy (non-hydrogen) atoms. The van der Waals surface area contributed by atoms with Crippen molar-refractivity contribution in [3.8, 4) is 10.4 Å². The third kappa shape index (κ3) is 2.26. The summed E-state index contributed by atoms with van der Waals surface area (Å²) in [5, 5.41) is 1.18. The lowest BCUT2D eigenvalue weighted by Crippen LogP contribution is -2.13. The van der Waals surface area contributed by atoms with Crippen molar-refractivity contribution in [2.45, 2.75) is 26.2 Å². The van der Waals surface area contributed by atoms with Crippen LogP contribution in [0.1, 0.15) is 26.5 Å². The van der Waals surface area contributed by atoms with E-state index in [0.717, 1.165) is 10.5 Å². The highest BCUT2D eigenvalue weighted by Crippen LogP contribution is 2.36. The summed E-state index contributed by atoms with van der Waals surface area (Å²) in [6.45, 7) is 6.57. The van der Waals surface area contributed by atoms with Crippen LogP contribution in [0.2, 0.25) is 0 Å². The molecule has 0 aliphatic carbocycles. The molecule has 0 amide bonds. The fourth-order valence-corrected chi connectivity index (χ4v) is 3.20. The predicted molar refractivity (Wildman–Crippen MR) is 81.6 cm³/mol. The summed E-state index contributed by atoms with van der Waals surface area (Å²) in [6, 6.07) is 12.7. The van der Waals surface area contributed by atoms with Crippen LogP contribution in [0.15, 0.2) is 42.7 Å². The Kier molecular flexibility index (Phi) is 2.86. The van der Waals surface area contributed by atoms with Crippen molar-refractivity contribution < 1.29 is 0 Å². The van der Waals surface area contributed by atoms with E-state index in [4.69, 9.17) is 0 Å². The van der Waals surface area contributed by atoms with Crippen LogP contribution in [0.3, 0.4) is 0 Å². The smallest absolute Gasteiger partial charge is 0.127 e. The Labute approximate surface area is 117 Å². The SMILES string of the molecule is CC(C)(C)c1ncnc2sc(-c3ccccc3)cc12. The van der Waals surface area contributed by atoms with Crippen LogP contribution >= 0.6 is 11.3 Å². The van der Waals surface area contributed by atoms with Crippen LogP contribution in [0.4, 0.5) is 0 Å². The van der Waals surface area contributed by atoms with E-state index in [0.29, 0.717) is 0 Å². The average Bonchev–Trinajstić information content (AvgIpc) is 2.82. The van der Waals surface area contributed by atoms with Crippen LogP contribution in [0.5, 0.6) is 0 Å². The molecule has 1 aromatic carbocycles. The standard InChI is InChI=1S/C16H16N2S/c1-16(2,3)14-12-9-13(11-7-5-4-6-8-11)19-15(12)18-10-17-14/h4-10H,1-3H3. The van der Waals surface area contributed by atoms with E-state index >= 15 is 0 Å². The average molecular weight is 268 g/mol. The number of thiophene rings is 1. The quantitative estimate of drug-likeness (QED) is 0.641. The minimum absolute atomic E-state index is 0.0379. The van der Waals surface area contributed by atoms with Gasteiger partial charge in [0.25, 0.3) is 0 Å². The fraction of sp³-hybridized carbons (Fsp3) is 0.250. The molecular weight excluding hydrogens is 252 g/mol. The molecule has 0 saturated heterocycles. The molecule has 3 rings (SSSR count). The van der Waals surface area contributed by atoms with Gasteiger partial charge in [-0.05, 0) is 11.6 Å². The maximum atomic E-state index is 4.48. The molecule has 96 valence electrons. The molecule has 0 saturated carbocycles. The van der Waals surface area contributed by atoms with E-state index in [1.165, 1.54) is 15.8 Å². The zero-order valence-corrected chi connectivity index (χ0v) is 12.2. The van der Waals surface area contributed by atoms with Gasteiger partial charge < -0.3 is 0 Å². The largest absolute Gasteiger partial charge is 0.240 e. The van der Waals surface area contributed by atoms with Crippen molar-refractivity contribution >= 4 is 21.6 Å². The van der Waals surface area contributed by atoms with Gasteiger partial charge in [0, 0.05) is 15.7 Å². The minimum atomic E-state index is 0.0379. The van der Waals surface area contributed by atoms with E-state index in [1.54, 1.807) is 17.7 Å². The molecule has 3 aromatic rings. The number of aromatic nitrogens is 2. The van der Waals surface area contributed by atoms with Crippen LogP contribution in [0.25, 0.3) is 20.7 Å². The number of hydrogen-bond acceptors (Lipinski definition) is 3. The summed E-state index contributed by atoms with van der Waals surface area (Å²) in [6.07, 6.45) is 1.67. The van der Waals surface area contributed by atoms with Gasteiger partial charge in [-0.2, -0.15) is 0 Å². The molecule has 0 N–H and O–H groups in total. The van der Waals surface area contributed by atoms with Gasteiger partial charge in [-0.1, -0.05) is 51.1 Å². The topological polar surface area (TPSA) is 25.8 Å². The second kappa shape index (κ2) is 4.42. The Bertz CT molecular complexity index is 708. The number of hydrogen-bond donors (Lipinski definition) is 0. The number of nitrogens with zero attached hydrogens (tertiary/aromatic N) is 2. The lowest BCUT2D eigenvalue weighted by molar-refractivity contribution is 0.574. The maximum absolute atomic E-state index is 4.48. The number of fused-ring (bicyclic) bond motifs is 1. The van der Waals surface area contributed by atoms with Gasteiger partial charge in [0.15, 0.2) is 0 Å². The Morgan fingerprint density at radius 2 is 1.74 bits per heavy atom. The highest BCUT2D eigenvalue weighted by molar-refractivity contribution is 7.21. The highest BCUT2D eigenvalue weighted by Gasteiger charge is 2.20. The van der Waals surface area contributed by atoms with Gasteiger partial charge in [0.05, 0.1) is 5.69 Å². The van der Waals surface area contributed by atoms with Crippen molar-refractivity contribution in [3.63, 3.8) is 0 Å². The van der Waals surface area contributed by atoms with E-state index in [2.05, 4.69) is 61.1 Å². The Balaban J connectivity index is 2.22. The Morgan fingerprint density at radius 1 is 1.00 bits per heavy atom. The molecule has 0 aliphatic heterocycles. The molecule has 2 nitrogen and oxygen atoms in total. The van der Waals surface area contributed by atoms with E-state index < -0.39 is 0 Å². The normalized spacial score (nSPS) is 11.9. The number of rotatable bonds is 1. The Morgan fingerprint density at radius 3 is 2.42 bits per heavy atom. The summed E-state index contributed by atoms with van der Waals surface area (Å²) < 4.78 is 0. The predicted octanol–water partition coefficient (Wildman–Crippen LogP) is 4.66. The summed E-state index contributed by atoms with van der Waals surface area (Å²) in [7, 11) is 0. The third-order valence-corrected chi connectivity index (χ3v) is 4.19. The van der Waals surface area contributed by atoms with Crippen molar-refractivity contribution in [1.29, 1.82) is 0 Å². The fourth-order valence-electron chi connectivity index (χ4n) is 2.20. The molecule has 2 heterocycles. The van der Waals surface area contributed by atoms with Gasteiger partial charge in [-0.3, -0.25) is 0 Å². The second-order valence-corrected chi connectivity index (χ2v) is 6.70. The molecule has 0 bridgehead atoms. The van der Waals surface area contributed by atoms with Crippen LogP contribution in [-0.2, 0) is 5.41 Å². The molecule has 0 unspecified atom stereocenters. The van der Waals surface area contributed by atoms with Crippen molar-refractivity contribution in [1.82, 2.24) is 9.97 Å². The monoisotopic (exact) mass is 268 g/mol. The highest BCUT2D eigenvalue weighted by atomic mass is 32.1. The summed E-state index contributed by atoms with van der Waals surface area (Å²) in [4.78, 5) is 11.2. The zero-order chi connectivity index (χ0) is 13.5. The van der Waals surface area contributed by atoms with Gasteiger partial charge in [-0.25, -0.2) is 9.97 Å². The van der Waals surface area contributed by atoms with Crippen LogP contribution in [0, 0.1) is 0 Å². The summed E-state index contributed by atoms with van der Waals surface area (Å²) in [5.74, 6) is 0. The van der Waals surface area contributed by atoms with Crippen molar-refractivity contribution in [3.05, 3.63) is 48.4 Å². The number of benzene rings is 1. The first-order valence-electron chi connectivity index (χ1n) is 6.36. The van der Waals surface area contributed by atoms with Crippen molar-refractivity contribution in [2.75, 3.05) is 0 Å². The molecule has 3 heteroatoms.